The summed E-state index contributed by atoms with van der Waals surface area (Å²) in [4.78, 5) is 37.8. The summed E-state index contributed by atoms with van der Waals surface area (Å²) in [7, 11) is 0. The summed E-state index contributed by atoms with van der Waals surface area (Å²) in [6.07, 6.45) is 0.298. The highest BCUT2D eigenvalue weighted by molar-refractivity contribution is 5.90. The van der Waals surface area contributed by atoms with E-state index in [2.05, 4.69) is 22.8 Å². The van der Waals surface area contributed by atoms with Crippen LogP contribution in [0, 0.1) is 5.41 Å². The highest BCUT2D eigenvalue weighted by Crippen LogP contribution is 2.44. The fraction of sp³-hybridized carbons (Fsp3) is 0.444. The number of alkyl carbamates (subject to hydrolysis) is 1. The van der Waals surface area contributed by atoms with E-state index in [9.17, 15) is 19.5 Å². The number of fused-ring (bicyclic) bond motifs is 3. The monoisotopic (exact) mass is 480 g/mol. The molecule has 0 radical (unpaired) electrons. The van der Waals surface area contributed by atoms with E-state index < -0.39 is 35.0 Å². The molecule has 2 aliphatic rings. The third-order valence-electron chi connectivity index (χ3n) is 7.22. The Labute approximate surface area is 205 Å². The lowest BCUT2D eigenvalue weighted by Crippen LogP contribution is -2.61. The standard InChI is InChI=1S/C27H32N2O6/c1-4-13-27(3,23(30)28-22-15-34-16-26(22,2)24(31)32)29-25(33)35-14-21-19-11-7-5-9-17(19)18-10-6-8-12-20(18)21/h5-12,21-22H,4,13-16H2,1-3H3,(H,28,30)(H,29,33)(H,31,32). The number of hydrogen-bond acceptors (Lipinski definition) is 5. The largest absolute Gasteiger partial charge is 0.481 e. The van der Waals surface area contributed by atoms with Gasteiger partial charge in [0.05, 0.1) is 19.3 Å². The fourth-order valence-corrected chi connectivity index (χ4v) is 5.00. The number of aliphatic carboxylic acids is 1. The van der Waals surface area contributed by atoms with Crippen molar-refractivity contribution < 1.29 is 29.0 Å². The Balaban J connectivity index is 1.44. The van der Waals surface area contributed by atoms with Crippen LogP contribution in [0.2, 0.25) is 0 Å². The van der Waals surface area contributed by atoms with E-state index in [0.717, 1.165) is 22.3 Å². The smallest absolute Gasteiger partial charge is 0.408 e. The molecule has 4 rings (SSSR count). The second kappa shape index (κ2) is 9.70. The van der Waals surface area contributed by atoms with Gasteiger partial charge in [-0.05, 0) is 42.5 Å². The van der Waals surface area contributed by atoms with Crippen LogP contribution >= 0.6 is 0 Å². The maximum Gasteiger partial charge on any atom is 0.408 e. The van der Waals surface area contributed by atoms with Crippen LogP contribution < -0.4 is 10.6 Å². The van der Waals surface area contributed by atoms with E-state index in [1.165, 1.54) is 0 Å². The molecule has 1 saturated heterocycles. The second-order valence-corrected chi connectivity index (χ2v) is 9.80. The van der Waals surface area contributed by atoms with Gasteiger partial charge in [0.2, 0.25) is 5.91 Å². The minimum absolute atomic E-state index is 0.0115. The Hall–Kier alpha value is -3.39. The molecule has 1 aliphatic carbocycles. The van der Waals surface area contributed by atoms with Gasteiger partial charge in [-0.1, -0.05) is 61.9 Å². The topological polar surface area (TPSA) is 114 Å². The Kier molecular flexibility index (Phi) is 6.85. The minimum Gasteiger partial charge on any atom is -0.481 e. The van der Waals surface area contributed by atoms with Crippen LogP contribution in [0.25, 0.3) is 11.1 Å². The summed E-state index contributed by atoms with van der Waals surface area (Å²) in [6.45, 7) is 5.33. The zero-order valence-electron chi connectivity index (χ0n) is 20.3. The lowest BCUT2D eigenvalue weighted by Gasteiger charge is -2.33. The first kappa shape index (κ1) is 24.7. The summed E-state index contributed by atoms with van der Waals surface area (Å²) in [5.74, 6) is -1.59. The Morgan fingerprint density at radius 3 is 2.29 bits per heavy atom. The first-order valence-electron chi connectivity index (χ1n) is 11.9. The Morgan fingerprint density at radius 2 is 1.71 bits per heavy atom. The Morgan fingerprint density at radius 1 is 1.11 bits per heavy atom. The number of benzene rings is 2. The highest BCUT2D eigenvalue weighted by Gasteiger charge is 2.49. The van der Waals surface area contributed by atoms with Gasteiger partial charge in [0, 0.05) is 5.92 Å². The average molecular weight is 481 g/mol. The van der Waals surface area contributed by atoms with E-state index in [4.69, 9.17) is 9.47 Å². The molecule has 0 saturated carbocycles. The van der Waals surface area contributed by atoms with Crippen molar-refractivity contribution in [2.24, 2.45) is 5.41 Å². The molecule has 0 bridgehead atoms. The van der Waals surface area contributed by atoms with Crippen molar-refractivity contribution in [3.63, 3.8) is 0 Å². The summed E-state index contributed by atoms with van der Waals surface area (Å²) in [6, 6.07) is 15.4. The van der Waals surface area contributed by atoms with Crippen LogP contribution in [-0.4, -0.2) is 54.5 Å². The molecular formula is C27H32N2O6. The fourth-order valence-electron chi connectivity index (χ4n) is 5.00. The SMILES string of the molecule is CCCC(C)(NC(=O)OCC1c2ccccc2-c2ccccc21)C(=O)NC1COCC1(C)C(=O)O. The molecule has 1 aliphatic heterocycles. The van der Waals surface area contributed by atoms with Gasteiger partial charge < -0.3 is 25.2 Å². The third-order valence-corrected chi connectivity index (χ3v) is 7.22. The number of ether oxygens (including phenoxy) is 2. The molecule has 2 aromatic carbocycles. The van der Waals surface area contributed by atoms with Gasteiger partial charge in [-0.25, -0.2) is 4.79 Å². The summed E-state index contributed by atoms with van der Waals surface area (Å²) < 4.78 is 11.0. The van der Waals surface area contributed by atoms with Crippen molar-refractivity contribution >= 4 is 18.0 Å². The van der Waals surface area contributed by atoms with Gasteiger partial charge in [0.1, 0.15) is 17.6 Å². The molecule has 0 spiro atoms. The van der Waals surface area contributed by atoms with Crippen LogP contribution in [0.1, 0.15) is 50.7 Å². The van der Waals surface area contributed by atoms with Gasteiger partial charge >= 0.3 is 12.1 Å². The van der Waals surface area contributed by atoms with Crippen molar-refractivity contribution in [1.82, 2.24) is 10.6 Å². The minimum atomic E-state index is -1.26. The number of rotatable bonds is 8. The molecule has 2 aromatic rings. The molecule has 3 atom stereocenters. The van der Waals surface area contributed by atoms with E-state index >= 15 is 0 Å². The molecule has 3 unspecified atom stereocenters. The lowest BCUT2D eigenvalue weighted by atomic mass is 9.84. The van der Waals surface area contributed by atoms with Gasteiger partial charge in [-0.2, -0.15) is 0 Å². The number of carbonyl (C=O) groups excluding carboxylic acids is 2. The maximum absolute atomic E-state index is 13.2. The predicted octanol–water partition coefficient (Wildman–Crippen LogP) is 3.69. The number of carbonyl (C=O) groups is 3. The molecule has 8 heteroatoms. The molecule has 1 heterocycles. The normalized spacial score (nSPS) is 22.5. The number of carboxylic acid groups (broad SMARTS) is 1. The lowest BCUT2D eigenvalue weighted by molar-refractivity contribution is -0.149. The van der Waals surface area contributed by atoms with Gasteiger partial charge in [0.25, 0.3) is 0 Å². The van der Waals surface area contributed by atoms with Gasteiger partial charge in [-0.15, -0.1) is 0 Å². The molecular weight excluding hydrogens is 448 g/mol. The van der Waals surface area contributed by atoms with Crippen molar-refractivity contribution in [2.75, 3.05) is 19.8 Å². The van der Waals surface area contributed by atoms with Gasteiger partial charge in [0.15, 0.2) is 0 Å². The van der Waals surface area contributed by atoms with Crippen LogP contribution in [0.4, 0.5) is 4.79 Å². The number of amides is 2. The van der Waals surface area contributed by atoms with Crippen molar-refractivity contribution in [3.05, 3.63) is 59.7 Å². The van der Waals surface area contributed by atoms with Crippen molar-refractivity contribution in [1.29, 1.82) is 0 Å². The van der Waals surface area contributed by atoms with Crippen LogP contribution in [0.3, 0.4) is 0 Å². The highest BCUT2D eigenvalue weighted by atomic mass is 16.5. The predicted molar refractivity (Wildman–Crippen MR) is 130 cm³/mol. The quantitative estimate of drug-likeness (QED) is 0.531. The molecule has 186 valence electrons. The van der Waals surface area contributed by atoms with Crippen LogP contribution in [-0.2, 0) is 19.1 Å². The van der Waals surface area contributed by atoms with Crippen LogP contribution in [0.5, 0.6) is 0 Å². The molecule has 0 aromatic heterocycles. The molecule has 35 heavy (non-hydrogen) atoms. The van der Waals surface area contributed by atoms with Crippen LogP contribution in [0.15, 0.2) is 48.5 Å². The van der Waals surface area contributed by atoms with Crippen molar-refractivity contribution in [2.45, 2.75) is 51.1 Å². The molecule has 2 amide bonds. The van der Waals surface area contributed by atoms with E-state index in [-0.39, 0.29) is 25.7 Å². The molecule has 8 nitrogen and oxygen atoms in total. The number of nitrogens with one attached hydrogen (secondary N) is 2. The first-order chi connectivity index (χ1) is 16.7. The van der Waals surface area contributed by atoms with Gasteiger partial charge in [-0.3, -0.25) is 9.59 Å². The summed E-state index contributed by atoms with van der Waals surface area (Å²) in [5, 5.41) is 15.1. The third kappa shape index (κ3) is 4.62. The zero-order chi connectivity index (χ0) is 25.2. The van der Waals surface area contributed by atoms with E-state index in [0.29, 0.717) is 12.8 Å². The van der Waals surface area contributed by atoms with Crippen molar-refractivity contribution in [3.8, 4) is 11.1 Å². The van der Waals surface area contributed by atoms with E-state index in [1.54, 1.807) is 13.8 Å². The Bertz CT molecular complexity index is 1090. The molecule has 1 fully saturated rings. The van der Waals surface area contributed by atoms with E-state index in [1.807, 2.05) is 43.3 Å². The second-order valence-electron chi connectivity index (χ2n) is 9.80. The summed E-state index contributed by atoms with van der Waals surface area (Å²) in [5.41, 5.74) is 1.97. The maximum atomic E-state index is 13.2. The molecule has 3 N–H and O–H groups in total. The zero-order valence-corrected chi connectivity index (χ0v) is 20.3. The average Bonchev–Trinajstić information content (AvgIpc) is 3.36. The first-order valence-corrected chi connectivity index (χ1v) is 11.9. The summed E-state index contributed by atoms with van der Waals surface area (Å²) >= 11 is 0. The number of hydrogen-bond donors (Lipinski definition) is 3. The number of carboxylic acids is 1.